The highest BCUT2D eigenvalue weighted by Crippen LogP contribution is 2.13. The third kappa shape index (κ3) is 5.74. The van der Waals surface area contributed by atoms with E-state index in [2.05, 4.69) is 0 Å². The summed E-state index contributed by atoms with van der Waals surface area (Å²) in [7, 11) is -3.11. The van der Waals surface area contributed by atoms with Crippen molar-refractivity contribution in [3.05, 3.63) is 30.3 Å². The van der Waals surface area contributed by atoms with Crippen molar-refractivity contribution in [1.29, 1.82) is 0 Å². The summed E-state index contributed by atoms with van der Waals surface area (Å²) in [6.45, 7) is 1.80. The van der Waals surface area contributed by atoms with Gasteiger partial charge in [0.25, 0.3) is 0 Å². The number of hydrogen-bond acceptors (Lipinski definition) is 4. The smallest absolute Gasteiger partial charge is 0.323 e. The summed E-state index contributed by atoms with van der Waals surface area (Å²) in [4.78, 5) is 12.4. The number of aliphatic carboxylic acids is 1. The molecule has 5 nitrogen and oxygen atoms in total. The summed E-state index contributed by atoms with van der Waals surface area (Å²) in [5.74, 6) is -0.858. The molecule has 0 saturated carbocycles. The Kier molecular flexibility index (Phi) is 5.82. The van der Waals surface area contributed by atoms with Crippen LogP contribution in [-0.2, 0) is 14.6 Å². The first-order chi connectivity index (χ1) is 8.94. The van der Waals surface area contributed by atoms with Crippen LogP contribution in [0.25, 0.3) is 0 Å². The lowest BCUT2D eigenvalue weighted by Crippen LogP contribution is -2.34. The molecule has 6 heteroatoms. The fourth-order valence-corrected chi connectivity index (χ4v) is 3.09. The van der Waals surface area contributed by atoms with Gasteiger partial charge < -0.3 is 10.0 Å². The average Bonchev–Trinajstić information content (AvgIpc) is 2.35. The first kappa shape index (κ1) is 15.5. The predicted octanol–water partition coefficient (Wildman–Crippen LogP) is 1.40. The summed E-state index contributed by atoms with van der Waals surface area (Å²) in [5, 5.41) is 8.89. The van der Waals surface area contributed by atoms with E-state index in [1.807, 2.05) is 13.0 Å². The third-order valence-corrected chi connectivity index (χ3v) is 4.47. The predicted molar refractivity (Wildman–Crippen MR) is 75.2 cm³/mol. The van der Waals surface area contributed by atoms with Crippen molar-refractivity contribution >= 4 is 21.5 Å². The number of carboxylic acid groups (broad SMARTS) is 1. The minimum atomic E-state index is -3.11. The van der Waals surface area contributed by atoms with Gasteiger partial charge in [-0.15, -0.1) is 0 Å². The highest BCUT2D eigenvalue weighted by molar-refractivity contribution is 7.91. The molecule has 0 amide bonds. The van der Waals surface area contributed by atoms with Gasteiger partial charge in [0.2, 0.25) is 0 Å². The largest absolute Gasteiger partial charge is 0.480 e. The molecule has 1 aromatic rings. The van der Waals surface area contributed by atoms with Gasteiger partial charge in [-0.05, 0) is 18.6 Å². The van der Waals surface area contributed by atoms with E-state index in [0.29, 0.717) is 6.42 Å². The van der Waals surface area contributed by atoms with Gasteiger partial charge in [-0.1, -0.05) is 25.1 Å². The molecule has 0 saturated heterocycles. The van der Waals surface area contributed by atoms with E-state index in [0.717, 1.165) is 5.69 Å². The SMILES string of the molecule is CCCS(=O)(=O)CCN(CC(=O)O)c1ccccc1. The molecular weight excluding hydrogens is 266 g/mol. The molecule has 0 heterocycles. The topological polar surface area (TPSA) is 74.7 Å². The molecule has 0 radical (unpaired) electrons. The zero-order chi connectivity index (χ0) is 14.3. The van der Waals surface area contributed by atoms with Gasteiger partial charge in [0.15, 0.2) is 9.84 Å². The number of nitrogens with zero attached hydrogens (tertiary/aromatic N) is 1. The van der Waals surface area contributed by atoms with Gasteiger partial charge in [-0.2, -0.15) is 0 Å². The van der Waals surface area contributed by atoms with E-state index in [9.17, 15) is 13.2 Å². The minimum absolute atomic E-state index is 0.0248. The second-order valence-corrected chi connectivity index (χ2v) is 6.61. The van der Waals surface area contributed by atoms with Crippen molar-refractivity contribution in [2.24, 2.45) is 0 Å². The zero-order valence-corrected chi connectivity index (χ0v) is 11.8. The number of carboxylic acids is 1. The summed E-state index contributed by atoms with van der Waals surface area (Å²) in [5.41, 5.74) is 0.719. The lowest BCUT2D eigenvalue weighted by atomic mass is 10.3. The van der Waals surface area contributed by atoms with Crippen LogP contribution in [0.15, 0.2) is 30.3 Å². The molecule has 1 aromatic carbocycles. The Morgan fingerprint density at radius 1 is 1.21 bits per heavy atom. The van der Waals surface area contributed by atoms with E-state index in [-0.39, 0.29) is 24.6 Å². The van der Waals surface area contributed by atoms with Crippen molar-refractivity contribution in [1.82, 2.24) is 0 Å². The zero-order valence-electron chi connectivity index (χ0n) is 10.9. The molecule has 0 unspecified atom stereocenters. The van der Waals surface area contributed by atoms with Crippen molar-refractivity contribution in [3.8, 4) is 0 Å². The molecule has 0 aromatic heterocycles. The van der Waals surface area contributed by atoms with Crippen LogP contribution in [0.1, 0.15) is 13.3 Å². The number of rotatable bonds is 8. The second kappa shape index (κ2) is 7.13. The number of benzene rings is 1. The van der Waals surface area contributed by atoms with Gasteiger partial charge in [0.05, 0.1) is 5.75 Å². The van der Waals surface area contributed by atoms with Crippen LogP contribution < -0.4 is 4.90 Å². The highest BCUT2D eigenvalue weighted by atomic mass is 32.2. The molecular formula is C13H19NO4S. The Morgan fingerprint density at radius 3 is 2.37 bits per heavy atom. The summed E-state index contributed by atoms with van der Waals surface area (Å²) >= 11 is 0. The number of para-hydroxylation sites is 1. The number of sulfone groups is 1. The van der Waals surface area contributed by atoms with Crippen LogP contribution in [0.2, 0.25) is 0 Å². The van der Waals surface area contributed by atoms with Gasteiger partial charge >= 0.3 is 5.97 Å². The second-order valence-electron chi connectivity index (χ2n) is 4.30. The molecule has 0 aliphatic heterocycles. The normalized spacial score (nSPS) is 11.2. The van der Waals surface area contributed by atoms with E-state index in [1.54, 1.807) is 29.2 Å². The van der Waals surface area contributed by atoms with Gasteiger partial charge in [0.1, 0.15) is 6.54 Å². The van der Waals surface area contributed by atoms with Crippen molar-refractivity contribution in [2.45, 2.75) is 13.3 Å². The first-order valence-corrected chi connectivity index (χ1v) is 7.99. The first-order valence-electron chi connectivity index (χ1n) is 6.17. The van der Waals surface area contributed by atoms with E-state index in [4.69, 9.17) is 5.11 Å². The Bertz CT molecular complexity index is 499. The van der Waals surface area contributed by atoms with Gasteiger partial charge in [-0.25, -0.2) is 8.42 Å². The van der Waals surface area contributed by atoms with E-state index in [1.165, 1.54) is 0 Å². The third-order valence-electron chi connectivity index (χ3n) is 2.63. The Labute approximate surface area is 113 Å². The molecule has 0 spiro atoms. The average molecular weight is 285 g/mol. The summed E-state index contributed by atoms with van der Waals surface area (Å²) in [6.07, 6.45) is 0.576. The molecule has 0 atom stereocenters. The van der Waals surface area contributed by atoms with Crippen molar-refractivity contribution in [2.75, 3.05) is 29.5 Å². The number of hydrogen-bond donors (Lipinski definition) is 1. The molecule has 0 bridgehead atoms. The van der Waals surface area contributed by atoms with Crippen LogP contribution >= 0.6 is 0 Å². The molecule has 1 N–H and O–H groups in total. The van der Waals surface area contributed by atoms with E-state index >= 15 is 0 Å². The van der Waals surface area contributed by atoms with Crippen LogP contribution in [0.3, 0.4) is 0 Å². The molecule has 0 aliphatic rings. The lowest BCUT2D eigenvalue weighted by molar-refractivity contribution is -0.135. The van der Waals surface area contributed by atoms with Crippen molar-refractivity contribution < 1.29 is 18.3 Å². The summed E-state index contributed by atoms with van der Waals surface area (Å²) < 4.78 is 23.4. The Hall–Kier alpha value is -1.56. The van der Waals surface area contributed by atoms with Crippen LogP contribution in [0.4, 0.5) is 5.69 Å². The molecule has 19 heavy (non-hydrogen) atoms. The molecule has 0 fully saturated rings. The highest BCUT2D eigenvalue weighted by Gasteiger charge is 2.15. The van der Waals surface area contributed by atoms with Gasteiger partial charge in [-0.3, -0.25) is 4.79 Å². The van der Waals surface area contributed by atoms with Crippen molar-refractivity contribution in [3.63, 3.8) is 0 Å². The monoisotopic (exact) mass is 285 g/mol. The van der Waals surface area contributed by atoms with Gasteiger partial charge in [0, 0.05) is 18.0 Å². The fraction of sp³-hybridized carbons (Fsp3) is 0.462. The quantitative estimate of drug-likeness (QED) is 0.781. The molecule has 1 rings (SSSR count). The molecule has 0 aliphatic carbocycles. The Balaban J connectivity index is 2.74. The molecule has 106 valence electrons. The van der Waals surface area contributed by atoms with Crippen LogP contribution in [0.5, 0.6) is 0 Å². The lowest BCUT2D eigenvalue weighted by Gasteiger charge is -2.22. The Morgan fingerprint density at radius 2 is 1.84 bits per heavy atom. The maximum absolute atomic E-state index is 11.7. The minimum Gasteiger partial charge on any atom is -0.480 e. The number of carbonyl (C=O) groups is 1. The summed E-state index contributed by atoms with van der Waals surface area (Å²) in [6, 6.07) is 8.97. The fourth-order valence-electron chi connectivity index (χ4n) is 1.76. The standard InChI is InChI=1S/C13H19NO4S/c1-2-9-19(17,18)10-8-14(11-13(15)16)12-6-4-3-5-7-12/h3-7H,2,8-11H2,1H3,(H,15,16). The maximum Gasteiger partial charge on any atom is 0.323 e. The van der Waals surface area contributed by atoms with Crippen LogP contribution in [0, 0.1) is 0 Å². The van der Waals surface area contributed by atoms with E-state index < -0.39 is 15.8 Å². The number of anilines is 1. The maximum atomic E-state index is 11.7. The van der Waals surface area contributed by atoms with Crippen LogP contribution in [-0.4, -0.2) is 44.1 Å².